The molecule has 0 atom stereocenters. The van der Waals surface area contributed by atoms with Crippen molar-refractivity contribution >= 4 is 5.97 Å². The zero-order valence-corrected chi connectivity index (χ0v) is 9.26. The largest absolute Gasteiger partial charge is 0.480 e. The van der Waals surface area contributed by atoms with Gasteiger partial charge in [-0.1, -0.05) is 5.92 Å². The molecular weight excluding hydrogens is 206 g/mol. The first-order valence-electron chi connectivity index (χ1n) is 4.97. The van der Waals surface area contributed by atoms with Crippen molar-refractivity contribution < 1.29 is 9.90 Å². The van der Waals surface area contributed by atoms with E-state index in [9.17, 15) is 4.79 Å². The second-order valence-electron chi connectivity index (χ2n) is 3.58. The number of carboxylic acid groups (broad SMARTS) is 1. The Morgan fingerprint density at radius 3 is 3.00 bits per heavy atom. The Kier molecular flexibility index (Phi) is 4.55. The zero-order chi connectivity index (χ0) is 12.0. The van der Waals surface area contributed by atoms with Gasteiger partial charge in [0.2, 0.25) is 0 Å². The summed E-state index contributed by atoms with van der Waals surface area (Å²) in [7, 11) is 1.85. The molecule has 1 aromatic rings. The van der Waals surface area contributed by atoms with Gasteiger partial charge >= 0.3 is 5.97 Å². The monoisotopic (exact) mass is 221 g/mol. The van der Waals surface area contributed by atoms with Gasteiger partial charge in [0.1, 0.15) is 0 Å². The number of aryl methyl sites for hydroxylation is 1. The van der Waals surface area contributed by atoms with E-state index in [1.165, 1.54) is 0 Å². The summed E-state index contributed by atoms with van der Waals surface area (Å²) in [5.41, 5.74) is 1.08. The summed E-state index contributed by atoms with van der Waals surface area (Å²) in [4.78, 5) is 12.3. The Bertz CT molecular complexity index is 392. The minimum Gasteiger partial charge on any atom is -0.480 e. The first kappa shape index (κ1) is 12.3. The minimum absolute atomic E-state index is 0.0234. The van der Waals surface area contributed by atoms with Crippen LogP contribution in [-0.4, -0.2) is 45.4 Å². The predicted molar refractivity (Wildman–Crippen MR) is 59.8 cm³/mol. The normalized spacial score (nSPS) is 10.3. The van der Waals surface area contributed by atoms with Crippen LogP contribution < -0.4 is 0 Å². The molecule has 1 heterocycles. The fourth-order valence-corrected chi connectivity index (χ4v) is 1.42. The molecule has 0 aliphatic rings. The van der Waals surface area contributed by atoms with Crippen LogP contribution in [0.1, 0.15) is 5.56 Å². The molecule has 0 aliphatic heterocycles. The van der Waals surface area contributed by atoms with Gasteiger partial charge in [0.15, 0.2) is 0 Å². The summed E-state index contributed by atoms with van der Waals surface area (Å²) in [6, 6.07) is 0. The lowest BCUT2D eigenvalue weighted by Gasteiger charge is -2.16. The lowest BCUT2D eigenvalue weighted by molar-refractivity contribution is -0.138. The molecular formula is C11H15N3O2. The molecule has 1 rings (SSSR count). The van der Waals surface area contributed by atoms with Gasteiger partial charge in [-0.25, -0.2) is 0 Å². The first-order chi connectivity index (χ1) is 7.61. The second-order valence-corrected chi connectivity index (χ2v) is 3.58. The van der Waals surface area contributed by atoms with Crippen LogP contribution in [0.15, 0.2) is 12.4 Å². The van der Waals surface area contributed by atoms with E-state index in [1.54, 1.807) is 15.8 Å². The number of aromatic nitrogens is 2. The van der Waals surface area contributed by atoms with Gasteiger partial charge in [-0.05, 0) is 12.0 Å². The van der Waals surface area contributed by atoms with Crippen molar-refractivity contribution in [3.63, 3.8) is 0 Å². The molecule has 5 nitrogen and oxygen atoms in total. The summed E-state index contributed by atoms with van der Waals surface area (Å²) in [5.74, 6) is 1.60. The average Bonchev–Trinajstić information content (AvgIpc) is 2.60. The van der Waals surface area contributed by atoms with Gasteiger partial charge in [0.05, 0.1) is 19.3 Å². The number of rotatable bonds is 6. The Morgan fingerprint density at radius 1 is 1.75 bits per heavy atom. The summed E-state index contributed by atoms with van der Waals surface area (Å²) >= 11 is 0. The summed E-state index contributed by atoms with van der Waals surface area (Å²) in [6.07, 6.45) is 9.61. The van der Waals surface area contributed by atoms with E-state index in [0.29, 0.717) is 13.1 Å². The minimum atomic E-state index is -0.860. The van der Waals surface area contributed by atoms with Gasteiger partial charge in [-0.3, -0.25) is 14.4 Å². The molecule has 16 heavy (non-hydrogen) atoms. The average molecular weight is 221 g/mol. The first-order valence-corrected chi connectivity index (χ1v) is 4.97. The maximum absolute atomic E-state index is 10.6. The maximum Gasteiger partial charge on any atom is 0.317 e. The van der Waals surface area contributed by atoms with Crippen molar-refractivity contribution in [3.8, 4) is 12.3 Å². The van der Waals surface area contributed by atoms with Crippen LogP contribution in [0.4, 0.5) is 0 Å². The fourth-order valence-electron chi connectivity index (χ4n) is 1.42. The number of nitrogens with zero attached hydrogens (tertiary/aromatic N) is 3. The van der Waals surface area contributed by atoms with Crippen LogP contribution in [0, 0.1) is 12.3 Å². The zero-order valence-electron chi connectivity index (χ0n) is 9.26. The predicted octanol–water partition coefficient (Wildman–Crippen LogP) is -0.0176. The van der Waals surface area contributed by atoms with Gasteiger partial charge in [0.25, 0.3) is 0 Å². The molecule has 0 saturated carbocycles. The highest BCUT2D eigenvalue weighted by Gasteiger charge is 2.08. The van der Waals surface area contributed by atoms with Crippen molar-refractivity contribution in [2.45, 2.75) is 6.42 Å². The van der Waals surface area contributed by atoms with Crippen LogP contribution in [0.25, 0.3) is 0 Å². The van der Waals surface area contributed by atoms with E-state index in [0.717, 1.165) is 12.0 Å². The Morgan fingerprint density at radius 2 is 2.50 bits per heavy atom. The molecule has 0 aromatic carbocycles. The van der Waals surface area contributed by atoms with Crippen molar-refractivity contribution in [1.82, 2.24) is 14.7 Å². The molecule has 0 saturated heterocycles. The molecule has 0 aliphatic carbocycles. The molecule has 0 spiro atoms. The third-order valence-electron chi connectivity index (χ3n) is 2.15. The molecule has 0 amide bonds. The maximum atomic E-state index is 10.6. The van der Waals surface area contributed by atoms with E-state index in [2.05, 4.69) is 11.0 Å². The van der Waals surface area contributed by atoms with Crippen LogP contribution in [0.5, 0.6) is 0 Å². The van der Waals surface area contributed by atoms with Gasteiger partial charge < -0.3 is 5.11 Å². The van der Waals surface area contributed by atoms with Crippen molar-refractivity contribution in [2.75, 3.05) is 19.6 Å². The number of terminal acetylenes is 1. The van der Waals surface area contributed by atoms with Crippen molar-refractivity contribution in [2.24, 2.45) is 7.05 Å². The lowest BCUT2D eigenvalue weighted by atomic mass is 10.2. The van der Waals surface area contributed by atoms with Crippen LogP contribution >= 0.6 is 0 Å². The highest BCUT2D eigenvalue weighted by molar-refractivity contribution is 5.69. The van der Waals surface area contributed by atoms with Crippen LogP contribution in [0.2, 0.25) is 0 Å². The highest BCUT2D eigenvalue weighted by atomic mass is 16.4. The molecule has 0 radical (unpaired) electrons. The third-order valence-corrected chi connectivity index (χ3v) is 2.15. The van der Waals surface area contributed by atoms with E-state index < -0.39 is 5.97 Å². The summed E-state index contributed by atoms with van der Waals surface area (Å²) in [5, 5.41) is 12.7. The van der Waals surface area contributed by atoms with Gasteiger partial charge in [-0.15, -0.1) is 6.42 Å². The smallest absolute Gasteiger partial charge is 0.317 e. The molecule has 5 heteroatoms. The standard InChI is InChI=1S/C11H15N3O2/c1-3-5-14(9-11(15)16)6-4-10-7-12-13(2)8-10/h1,7-8H,4-6,9H2,2H3,(H,15,16). The number of hydrogen-bond acceptors (Lipinski definition) is 3. The molecule has 0 unspecified atom stereocenters. The lowest BCUT2D eigenvalue weighted by Crippen LogP contribution is -2.32. The van der Waals surface area contributed by atoms with E-state index in [4.69, 9.17) is 11.5 Å². The topological polar surface area (TPSA) is 58.4 Å². The molecule has 0 bridgehead atoms. The Balaban J connectivity index is 2.43. The Hall–Kier alpha value is -1.80. The highest BCUT2D eigenvalue weighted by Crippen LogP contribution is 1.99. The third kappa shape index (κ3) is 4.15. The second kappa shape index (κ2) is 5.93. The number of carboxylic acids is 1. The van der Waals surface area contributed by atoms with Crippen LogP contribution in [0.3, 0.4) is 0 Å². The van der Waals surface area contributed by atoms with Crippen LogP contribution in [-0.2, 0) is 18.3 Å². The Labute approximate surface area is 94.7 Å². The van der Waals surface area contributed by atoms with Crippen molar-refractivity contribution in [1.29, 1.82) is 0 Å². The molecule has 1 aromatic heterocycles. The number of aliphatic carboxylic acids is 1. The van der Waals surface area contributed by atoms with Gasteiger partial charge in [0, 0.05) is 19.8 Å². The summed E-state index contributed by atoms with van der Waals surface area (Å²) in [6.45, 7) is 0.958. The molecule has 0 fully saturated rings. The fraction of sp³-hybridized carbons (Fsp3) is 0.455. The SMILES string of the molecule is C#CCN(CCc1cnn(C)c1)CC(=O)O. The molecule has 86 valence electrons. The molecule has 1 N–H and O–H groups in total. The van der Waals surface area contributed by atoms with E-state index >= 15 is 0 Å². The van der Waals surface area contributed by atoms with Gasteiger partial charge in [-0.2, -0.15) is 5.10 Å². The van der Waals surface area contributed by atoms with Crippen molar-refractivity contribution in [3.05, 3.63) is 18.0 Å². The van der Waals surface area contributed by atoms with E-state index in [-0.39, 0.29) is 6.54 Å². The quantitative estimate of drug-likeness (QED) is 0.686. The summed E-state index contributed by atoms with van der Waals surface area (Å²) < 4.78 is 1.72. The number of carbonyl (C=O) groups is 1. The number of hydrogen-bond donors (Lipinski definition) is 1. The van der Waals surface area contributed by atoms with E-state index in [1.807, 2.05) is 13.2 Å².